The van der Waals surface area contributed by atoms with Crippen LogP contribution in [0.5, 0.6) is 0 Å². The van der Waals surface area contributed by atoms with Crippen molar-refractivity contribution in [3.05, 3.63) is 17.0 Å². The molecular weight excluding hydrogens is 196 g/mol. The normalized spacial score (nSPS) is 17.9. The highest BCUT2D eigenvalue weighted by Gasteiger charge is 2.23. The average molecular weight is 213 g/mol. The van der Waals surface area contributed by atoms with Gasteiger partial charge in [0.15, 0.2) is 0 Å². The Balaban J connectivity index is 2.27. The molecule has 2 rings (SSSR count). The van der Waals surface area contributed by atoms with Crippen LogP contribution in [0, 0.1) is 0 Å². The summed E-state index contributed by atoms with van der Waals surface area (Å²) in [7, 11) is 0. The van der Waals surface area contributed by atoms with E-state index in [4.69, 9.17) is 11.6 Å². The number of rotatable bonds is 3. The Hall–Kier alpha value is -0.500. The molecule has 0 atom stereocenters. The molecule has 0 aliphatic heterocycles. The molecule has 1 aliphatic rings. The van der Waals surface area contributed by atoms with Gasteiger partial charge in [0, 0.05) is 17.2 Å². The van der Waals surface area contributed by atoms with Crippen LogP contribution in [0.1, 0.15) is 55.5 Å². The number of hydrogen-bond donors (Lipinski definition) is 1. The van der Waals surface area contributed by atoms with Gasteiger partial charge in [0.1, 0.15) is 0 Å². The lowest BCUT2D eigenvalue weighted by Gasteiger charge is -2.07. The summed E-state index contributed by atoms with van der Waals surface area (Å²) in [6, 6.07) is 0. The molecule has 1 N–H and O–H groups in total. The zero-order valence-corrected chi connectivity index (χ0v) is 9.40. The minimum atomic E-state index is 0.603. The molecule has 0 radical (unpaired) electrons. The van der Waals surface area contributed by atoms with Gasteiger partial charge in [-0.15, -0.1) is 11.6 Å². The zero-order chi connectivity index (χ0) is 9.97. The fourth-order valence-corrected chi connectivity index (χ4v) is 2.69. The molecule has 2 nitrogen and oxygen atoms in total. The van der Waals surface area contributed by atoms with Crippen LogP contribution < -0.4 is 0 Å². The van der Waals surface area contributed by atoms with Gasteiger partial charge >= 0.3 is 0 Å². The van der Waals surface area contributed by atoms with Crippen LogP contribution in [0.3, 0.4) is 0 Å². The largest absolute Gasteiger partial charge is 0.282 e. The van der Waals surface area contributed by atoms with Gasteiger partial charge in [-0.25, -0.2) is 0 Å². The van der Waals surface area contributed by atoms with Crippen LogP contribution in [0.15, 0.2) is 0 Å². The first-order chi connectivity index (χ1) is 6.86. The van der Waals surface area contributed by atoms with Crippen molar-refractivity contribution in [3.8, 4) is 0 Å². The van der Waals surface area contributed by atoms with Gasteiger partial charge in [-0.05, 0) is 19.3 Å². The highest BCUT2D eigenvalue weighted by molar-refractivity contribution is 6.17. The lowest BCUT2D eigenvalue weighted by molar-refractivity contribution is 0.688. The number of aromatic nitrogens is 2. The Bertz CT molecular complexity index is 300. The molecule has 3 heteroatoms. The second kappa shape index (κ2) is 4.35. The minimum absolute atomic E-state index is 0.603. The Morgan fingerprint density at radius 3 is 2.71 bits per heavy atom. The summed E-state index contributed by atoms with van der Waals surface area (Å²) in [5.74, 6) is 1.27. The van der Waals surface area contributed by atoms with E-state index in [9.17, 15) is 0 Å². The highest BCUT2D eigenvalue weighted by atomic mass is 35.5. The van der Waals surface area contributed by atoms with Gasteiger partial charge in [-0.2, -0.15) is 5.10 Å². The first-order valence-electron chi connectivity index (χ1n) is 5.48. The van der Waals surface area contributed by atoms with E-state index in [2.05, 4.69) is 17.1 Å². The summed E-state index contributed by atoms with van der Waals surface area (Å²) < 4.78 is 0. The second-order valence-corrected chi connectivity index (χ2v) is 4.30. The molecule has 78 valence electrons. The predicted molar refractivity (Wildman–Crippen MR) is 58.7 cm³/mol. The molecule has 1 aromatic rings. The molecule has 1 aliphatic carbocycles. The third-order valence-electron chi connectivity index (χ3n) is 3.21. The van der Waals surface area contributed by atoms with E-state index in [-0.39, 0.29) is 0 Å². The maximum atomic E-state index is 5.98. The van der Waals surface area contributed by atoms with E-state index < -0.39 is 0 Å². The third-order valence-corrected chi connectivity index (χ3v) is 3.48. The van der Waals surface area contributed by atoms with Gasteiger partial charge in [0.2, 0.25) is 0 Å². The predicted octanol–water partition coefficient (Wildman–Crippen LogP) is 3.37. The van der Waals surface area contributed by atoms with Crippen LogP contribution in [0.2, 0.25) is 0 Å². The number of hydrogen-bond acceptors (Lipinski definition) is 1. The van der Waals surface area contributed by atoms with Gasteiger partial charge in [0.05, 0.1) is 11.6 Å². The maximum Gasteiger partial charge on any atom is 0.0699 e. The quantitative estimate of drug-likeness (QED) is 0.765. The number of aromatic amines is 1. The molecule has 0 bridgehead atoms. The van der Waals surface area contributed by atoms with E-state index in [1.165, 1.54) is 42.6 Å². The van der Waals surface area contributed by atoms with E-state index in [0.717, 1.165) is 6.42 Å². The van der Waals surface area contributed by atoms with Crippen molar-refractivity contribution >= 4 is 11.6 Å². The van der Waals surface area contributed by atoms with Crippen molar-refractivity contribution in [3.63, 3.8) is 0 Å². The van der Waals surface area contributed by atoms with Crippen molar-refractivity contribution in [2.45, 2.75) is 50.8 Å². The average Bonchev–Trinajstić information content (AvgIpc) is 2.85. The molecule has 14 heavy (non-hydrogen) atoms. The number of nitrogens with one attached hydrogen (secondary N) is 1. The summed E-state index contributed by atoms with van der Waals surface area (Å²) in [5.41, 5.74) is 3.73. The fourth-order valence-electron chi connectivity index (χ4n) is 2.40. The first-order valence-corrected chi connectivity index (χ1v) is 6.02. The van der Waals surface area contributed by atoms with Crippen LogP contribution in [-0.2, 0) is 12.3 Å². The molecule has 1 heterocycles. The summed E-state index contributed by atoms with van der Waals surface area (Å²) in [5, 5.41) is 7.55. The van der Waals surface area contributed by atoms with Crippen molar-refractivity contribution in [1.29, 1.82) is 0 Å². The number of H-pyrrole nitrogens is 1. The Kier molecular flexibility index (Phi) is 3.12. The van der Waals surface area contributed by atoms with Crippen LogP contribution in [0.4, 0.5) is 0 Å². The van der Waals surface area contributed by atoms with Crippen LogP contribution in [-0.4, -0.2) is 10.2 Å². The number of aryl methyl sites for hydroxylation is 1. The Morgan fingerprint density at radius 1 is 1.43 bits per heavy atom. The van der Waals surface area contributed by atoms with Crippen molar-refractivity contribution in [1.82, 2.24) is 10.2 Å². The Labute approximate surface area is 90.0 Å². The summed E-state index contributed by atoms with van der Waals surface area (Å²) in [6.45, 7) is 2.14. The van der Waals surface area contributed by atoms with Gasteiger partial charge in [-0.3, -0.25) is 5.10 Å². The van der Waals surface area contributed by atoms with E-state index >= 15 is 0 Å². The first kappa shape index (κ1) is 10.0. The SMILES string of the molecule is CCc1[nH]nc(C2CCCC2)c1CCl. The molecule has 0 saturated heterocycles. The number of nitrogens with zero attached hydrogens (tertiary/aromatic N) is 1. The van der Waals surface area contributed by atoms with Crippen LogP contribution in [0.25, 0.3) is 0 Å². The smallest absolute Gasteiger partial charge is 0.0699 e. The number of alkyl halides is 1. The number of halogens is 1. The fraction of sp³-hybridized carbons (Fsp3) is 0.727. The summed E-state index contributed by atoms with van der Waals surface area (Å²) in [4.78, 5) is 0. The van der Waals surface area contributed by atoms with Crippen LogP contribution >= 0.6 is 11.6 Å². The van der Waals surface area contributed by atoms with Gasteiger partial charge < -0.3 is 0 Å². The van der Waals surface area contributed by atoms with Gasteiger partial charge in [-0.1, -0.05) is 19.8 Å². The molecule has 0 amide bonds. The molecule has 1 aromatic heterocycles. The third kappa shape index (κ3) is 1.68. The molecule has 0 unspecified atom stereocenters. The molecule has 1 saturated carbocycles. The molecule has 0 spiro atoms. The molecular formula is C11H17ClN2. The highest BCUT2D eigenvalue weighted by Crippen LogP contribution is 2.35. The second-order valence-electron chi connectivity index (χ2n) is 4.03. The monoisotopic (exact) mass is 212 g/mol. The van der Waals surface area contributed by atoms with Crippen molar-refractivity contribution in [2.24, 2.45) is 0 Å². The maximum absolute atomic E-state index is 5.98. The van der Waals surface area contributed by atoms with Crippen molar-refractivity contribution < 1.29 is 0 Å². The van der Waals surface area contributed by atoms with E-state index in [1.807, 2.05) is 0 Å². The summed E-state index contributed by atoms with van der Waals surface area (Å²) in [6.07, 6.45) is 6.28. The summed E-state index contributed by atoms with van der Waals surface area (Å²) >= 11 is 5.98. The standard InChI is InChI=1S/C11H17ClN2/c1-2-10-9(7-12)11(14-13-10)8-5-3-4-6-8/h8H,2-7H2,1H3,(H,13,14). The van der Waals surface area contributed by atoms with Gasteiger partial charge in [0.25, 0.3) is 0 Å². The lowest BCUT2D eigenvalue weighted by atomic mass is 9.99. The Morgan fingerprint density at radius 2 is 2.14 bits per heavy atom. The lowest BCUT2D eigenvalue weighted by Crippen LogP contribution is -1.97. The van der Waals surface area contributed by atoms with E-state index in [1.54, 1.807) is 0 Å². The zero-order valence-electron chi connectivity index (χ0n) is 8.65. The molecule has 1 fully saturated rings. The van der Waals surface area contributed by atoms with E-state index in [0.29, 0.717) is 11.8 Å². The van der Waals surface area contributed by atoms with Crippen molar-refractivity contribution in [2.75, 3.05) is 0 Å². The topological polar surface area (TPSA) is 28.7 Å². The minimum Gasteiger partial charge on any atom is -0.282 e. The molecule has 0 aromatic carbocycles.